The third kappa shape index (κ3) is 6.23. The van der Waals surface area contributed by atoms with E-state index in [0.29, 0.717) is 36.2 Å². The van der Waals surface area contributed by atoms with E-state index in [4.69, 9.17) is 16.3 Å². The highest BCUT2D eigenvalue weighted by Gasteiger charge is 2.21. The Hall–Kier alpha value is -3.58. The molecule has 1 aliphatic rings. The summed E-state index contributed by atoms with van der Waals surface area (Å²) in [6.45, 7) is 2.97. The van der Waals surface area contributed by atoms with Crippen molar-refractivity contribution in [2.45, 2.75) is 6.61 Å². The van der Waals surface area contributed by atoms with Crippen LogP contribution < -0.4 is 15.0 Å². The molecule has 0 bridgehead atoms. The van der Waals surface area contributed by atoms with Crippen molar-refractivity contribution in [1.29, 1.82) is 0 Å². The largest absolute Gasteiger partial charge is 0.473 e. The van der Waals surface area contributed by atoms with E-state index in [1.165, 1.54) is 6.20 Å². The van der Waals surface area contributed by atoms with Gasteiger partial charge < -0.3 is 19.9 Å². The fraction of sp³-hybridized carbons (Fsp3) is 0.240. The van der Waals surface area contributed by atoms with Gasteiger partial charge in [-0.05, 0) is 35.9 Å². The van der Waals surface area contributed by atoms with E-state index in [0.717, 1.165) is 24.3 Å². The van der Waals surface area contributed by atoms with Gasteiger partial charge in [0.2, 0.25) is 11.8 Å². The Balaban J connectivity index is 1.24. The number of aromatic nitrogens is 1. The van der Waals surface area contributed by atoms with Crippen molar-refractivity contribution >= 4 is 29.1 Å². The molecule has 2 heterocycles. The number of carbonyl (C=O) groups is 2. The highest BCUT2D eigenvalue weighted by atomic mass is 35.5. The topological polar surface area (TPSA) is 74.8 Å². The number of nitrogens with zero attached hydrogens (tertiary/aromatic N) is 3. The average Bonchev–Trinajstić information content (AvgIpc) is 2.87. The molecule has 0 unspecified atom stereocenters. The second kappa shape index (κ2) is 10.8. The van der Waals surface area contributed by atoms with Crippen LogP contribution in [0.4, 0.5) is 5.69 Å². The van der Waals surface area contributed by atoms with Crippen molar-refractivity contribution in [1.82, 2.24) is 15.2 Å². The lowest BCUT2D eigenvalue weighted by atomic mass is 10.2. The van der Waals surface area contributed by atoms with Gasteiger partial charge in [0.1, 0.15) is 6.61 Å². The summed E-state index contributed by atoms with van der Waals surface area (Å²) in [7, 11) is 0. The standard InChI is InChI=1S/C25H25ClN4O3/c26-21-6-8-22(9-7-21)29-12-14-30(15-13-29)24(31)17-28-25(32)20-10-11-27-23(16-20)33-18-19-4-2-1-3-5-19/h1-11,16H,12-15,17-18H2,(H,28,32). The van der Waals surface area contributed by atoms with Crippen LogP contribution in [-0.2, 0) is 11.4 Å². The Bertz CT molecular complexity index is 1080. The van der Waals surface area contributed by atoms with Crippen LogP contribution in [0.1, 0.15) is 15.9 Å². The van der Waals surface area contributed by atoms with E-state index >= 15 is 0 Å². The molecule has 170 valence electrons. The number of halogens is 1. The van der Waals surface area contributed by atoms with Crippen LogP contribution in [0.3, 0.4) is 0 Å². The van der Waals surface area contributed by atoms with E-state index in [2.05, 4.69) is 15.2 Å². The minimum atomic E-state index is -0.338. The number of benzene rings is 2. The first-order valence-corrected chi connectivity index (χ1v) is 11.2. The van der Waals surface area contributed by atoms with Gasteiger partial charge in [-0.25, -0.2) is 4.98 Å². The van der Waals surface area contributed by atoms with Crippen LogP contribution in [0.2, 0.25) is 5.02 Å². The zero-order chi connectivity index (χ0) is 23.0. The van der Waals surface area contributed by atoms with E-state index < -0.39 is 0 Å². The summed E-state index contributed by atoms with van der Waals surface area (Å²) in [5.41, 5.74) is 2.49. The van der Waals surface area contributed by atoms with Crippen molar-refractivity contribution in [2.75, 3.05) is 37.6 Å². The maximum Gasteiger partial charge on any atom is 0.251 e. The van der Waals surface area contributed by atoms with Gasteiger partial charge in [0.25, 0.3) is 5.91 Å². The molecule has 0 atom stereocenters. The summed E-state index contributed by atoms with van der Waals surface area (Å²) < 4.78 is 5.68. The lowest BCUT2D eigenvalue weighted by Crippen LogP contribution is -2.51. The van der Waals surface area contributed by atoms with Crippen LogP contribution in [0, 0.1) is 0 Å². The maximum absolute atomic E-state index is 12.6. The van der Waals surface area contributed by atoms with Crippen molar-refractivity contribution in [3.8, 4) is 5.88 Å². The van der Waals surface area contributed by atoms with Crippen molar-refractivity contribution < 1.29 is 14.3 Å². The summed E-state index contributed by atoms with van der Waals surface area (Å²) >= 11 is 5.95. The van der Waals surface area contributed by atoms with E-state index in [-0.39, 0.29) is 18.4 Å². The molecule has 33 heavy (non-hydrogen) atoms. The van der Waals surface area contributed by atoms with Crippen molar-refractivity contribution in [3.63, 3.8) is 0 Å². The molecule has 2 amide bonds. The molecule has 1 saturated heterocycles. The van der Waals surface area contributed by atoms with E-state index in [1.807, 2.05) is 54.6 Å². The molecule has 0 radical (unpaired) electrons. The summed E-state index contributed by atoms with van der Waals surface area (Å²) in [4.78, 5) is 33.3. The number of pyridine rings is 1. The van der Waals surface area contributed by atoms with Gasteiger partial charge in [0, 0.05) is 54.7 Å². The smallest absolute Gasteiger partial charge is 0.251 e. The first-order chi connectivity index (χ1) is 16.1. The van der Waals surface area contributed by atoms with Crippen LogP contribution in [0.5, 0.6) is 5.88 Å². The maximum atomic E-state index is 12.6. The monoisotopic (exact) mass is 464 g/mol. The summed E-state index contributed by atoms with van der Waals surface area (Å²) in [6, 6.07) is 20.6. The molecule has 7 nitrogen and oxygen atoms in total. The number of ether oxygens (including phenoxy) is 1. The second-order valence-corrected chi connectivity index (χ2v) is 8.12. The molecule has 1 fully saturated rings. The minimum Gasteiger partial charge on any atom is -0.473 e. The number of rotatable bonds is 7. The number of anilines is 1. The molecule has 0 saturated carbocycles. The van der Waals surface area contributed by atoms with Crippen LogP contribution >= 0.6 is 11.6 Å². The Morgan fingerprint density at radius 1 is 0.970 bits per heavy atom. The Morgan fingerprint density at radius 2 is 1.70 bits per heavy atom. The van der Waals surface area contributed by atoms with Crippen molar-refractivity contribution in [3.05, 3.63) is 89.1 Å². The van der Waals surface area contributed by atoms with Gasteiger partial charge in [-0.2, -0.15) is 0 Å². The average molecular weight is 465 g/mol. The molecular formula is C25H25ClN4O3. The summed E-state index contributed by atoms with van der Waals surface area (Å²) in [6.07, 6.45) is 1.52. The number of nitrogens with one attached hydrogen (secondary N) is 1. The predicted octanol–water partition coefficient (Wildman–Crippen LogP) is 3.39. The first-order valence-electron chi connectivity index (χ1n) is 10.8. The summed E-state index contributed by atoms with van der Waals surface area (Å²) in [5.74, 6) is -0.0834. The predicted molar refractivity (Wildman–Crippen MR) is 128 cm³/mol. The van der Waals surface area contributed by atoms with Crippen LogP contribution in [0.25, 0.3) is 0 Å². The molecule has 1 aromatic heterocycles. The molecule has 0 aliphatic carbocycles. The molecule has 8 heteroatoms. The van der Waals surface area contributed by atoms with Gasteiger partial charge >= 0.3 is 0 Å². The van der Waals surface area contributed by atoms with Gasteiger partial charge in [-0.3, -0.25) is 9.59 Å². The van der Waals surface area contributed by atoms with Gasteiger partial charge in [-0.1, -0.05) is 41.9 Å². The molecular weight excluding hydrogens is 440 g/mol. The highest BCUT2D eigenvalue weighted by Crippen LogP contribution is 2.19. The lowest BCUT2D eigenvalue weighted by molar-refractivity contribution is -0.130. The highest BCUT2D eigenvalue weighted by molar-refractivity contribution is 6.30. The minimum absolute atomic E-state index is 0.0533. The zero-order valence-corrected chi connectivity index (χ0v) is 18.9. The summed E-state index contributed by atoms with van der Waals surface area (Å²) in [5, 5.41) is 3.41. The van der Waals surface area contributed by atoms with Crippen LogP contribution in [0.15, 0.2) is 72.9 Å². The molecule has 4 rings (SSSR count). The van der Waals surface area contributed by atoms with Gasteiger partial charge in [0.05, 0.1) is 6.54 Å². The Morgan fingerprint density at radius 3 is 2.42 bits per heavy atom. The molecule has 0 spiro atoms. The zero-order valence-electron chi connectivity index (χ0n) is 18.1. The quantitative estimate of drug-likeness (QED) is 0.580. The van der Waals surface area contributed by atoms with Crippen LogP contribution in [-0.4, -0.2) is 54.4 Å². The second-order valence-electron chi connectivity index (χ2n) is 7.68. The fourth-order valence-electron chi connectivity index (χ4n) is 3.60. The van der Waals surface area contributed by atoms with Crippen molar-refractivity contribution in [2.24, 2.45) is 0 Å². The molecule has 3 aromatic rings. The number of hydrogen-bond acceptors (Lipinski definition) is 5. The number of carbonyl (C=O) groups excluding carboxylic acids is 2. The van der Waals surface area contributed by atoms with E-state index in [9.17, 15) is 9.59 Å². The normalized spacial score (nSPS) is 13.5. The van der Waals surface area contributed by atoms with Gasteiger partial charge in [0.15, 0.2) is 0 Å². The fourth-order valence-corrected chi connectivity index (χ4v) is 3.72. The molecule has 1 aliphatic heterocycles. The Kier molecular flexibility index (Phi) is 7.42. The molecule has 1 N–H and O–H groups in total. The lowest BCUT2D eigenvalue weighted by Gasteiger charge is -2.36. The third-order valence-corrected chi connectivity index (χ3v) is 5.70. The SMILES string of the molecule is O=C(NCC(=O)N1CCN(c2ccc(Cl)cc2)CC1)c1ccnc(OCc2ccccc2)c1. The van der Waals surface area contributed by atoms with Gasteiger partial charge in [-0.15, -0.1) is 0 Å². The number of piperazine rings is 1. The third-order valence-electron chi connectivity index (χ3n) is 5.45. The Labute approximate surface area is 197 Å². The molecule has 2 aromatic carbocycles. The van der Waals surface area contributed by atoms with E-state index in [1.54, 1.807) is 17.0 Å². The first kappa shape index (κ1) is 22.6. The number of amides is 2. The number of hydrogen-bond donors (Lipinski definition) is 1.